The minimum absolute atomic E-state index is 0.0521. The number of carbonyl (C=O) groups is 1. The number of halogens is 2. The van der Waals surface area contributed by atoms with Crippen molar-refractivity contribution in [1.82, 2.24) is 9.97 Å². The summed E-state index contributed by atoms with van der Waals surface area (Å²) in [6.07, 6.45) is 0.714. The average molecular weight is 472 g/mol. The number of methoxy groups -OCH3 is 1. The molecule has 2 atom stereocenters. The van der Waals surface area contributed by atoms with Gasteiger partial charge in [-0.1, -0.05) is 11.6 Å². The molecule has 0 spiro atoms. The molecule has 0 radical (unpaired) electrons. The zero-order valence-corrected chi connectivity index (χ0v) is 18.9. The highest BCUT2D eigenvalue weighted by atomic mass is 35.5. The number of amides is 1. The van der Waals surface area contributed by atoms with E-state index in [0.29, 0.717) is 24.7 Å². The molecule has 2 N–H and O–H groups in total. The van der Waals surface area contributed by atoms with E-state index in [1.54, 1.807) is 19.4 Å². The van der Waals surface area contributed by atoms with E-state index in [2.05, 4.69) is 14.9 Å². The molecule has 2 aliphatic rings. The number of nitrogens with two attached hydrogens (primary N) is 1. The third-order valence-corrected chi connectivity index (χ3v) is 6.86. The molecule has 10 heteroatoms. The monoisotopic (exact) mass is 471 g/mol. The van der Waals surface area contributed by atoms with E-state index in [9.17, 15) is 9.18 Å². The van der Waals surface area contributed by atoms with Gasteiger partial charge in [-0.2, -0.15) is 0 Å². The number of rotatable bonds is 5. The Kier molecular flexibility index (Phi) is 5.25. The number of pyridine rings is 2. The zero-order chi connectivity index (χ0) is 23.3. The molecule has 5 rings (SSSR count). The topological polar surface area (TPSA) is 93.8 Å². The number of benzene rings is 1. The highest BCUT2D eigenvalue weighted by Crippen LogP contribution is 2.38. The minimum Gasteiger partial charge on any atom is -0.481 e. The lowest BCUT2D eigenvalue weighted by molar-refractivity contribution is 0.0577. The quantitative estimate of drug-likeness (QED) is 0.607. The lowest BCUT2D eigenvalue weighted by Crippen LogP contribution is -2.66. The molecule has 0 bridgehead atoms. The molecule has 2 aliphatic heterocycles. The second kappa shape index (κ2) is 8.00. The number of nitrogens with zero attached hydrogens (tertiary/aromatic N) is 4. The van der Waals surface area contributed by atoms with Crippen LogP contribution in [0.15, 0.2) is 42.6 Å². The van der Waals surface area contributed by atoms with Gasteiger partial charge in [0.15, 0.2) is 0 Å². The van der Waals surface area contributed by atoms with Crippen molar-refractivity contribution in [3.63, 3.8) is 0 Å². The Morgan fingerprint density at radius 1 is 1.24 bits per heavy atom. The SMILES string of the molecule is COc1ccc2nccc(N3CC(C(C)(N)[C@H]4CN(c5ccc(F)c(Cl)c5)C(=O)O4)C3)c2n1. The van der Waals surface area contributed by atoms with Gasteiger partial charge in [-0.3, -0.25) is 9.88 Å². The van der Waals surface area contributed by atoms with E-state index < -0.39 is 23.6 Å². The molecule has 172 valence electrons. The maximum Gasteiger partial charge on any atom is 0.414 e. The van der Waals surface area contributed by atoms with Crippen LogP contribution in [0, 0.1) is 11.7 Å². The van der Waals surface area contributed by atoms with Crippen LogP contribution in [0.1, 0.15) is 6.92 Å². The molecule has 2 aromatic heterocycles. The second-order valence-electron chi connectivity index (χ2n) is 8.60. The first-order valence-corrected chi connectivity index (χ1v) is 10.9. The summed E-state index contributed by atoms with van der Waals surface area (Å²) in [5.74, 6) is 0.0655. The predicted octanol–water partition coefficient (Wildman–Crippen LogP) is 3.61. The van der Waals surface area contributed by atoms with Crippen LogP contribution in [0.2, 0.25) is 5.02 Å². The van der Waals surface area contributed by atoms with E-state index >= 15 is 0 Å². The Morgan fingerprint density at radius 3 is 2.76 bits per heavy atom. The second-order valence-corrected chi connectivity index (χ2v) is 9.01. The molecule has 1 aromatic carbocycles. The molecule has 4 heterocycles. The number of anilines is 2. The fourth-order valence-corrected chi connectivity index (χ4v) is 4.52. The summed E-state index contributed by atoms with van der Waals surface area (Å²) < 4.78 is 24.4. The summed E-state index contributed by atoms with van der Waals surface area (Å²) in [5, 5.41) is -0.0521. The van der Waals surface area contributed by atoms with Crippen molar-refractivity contribution in [2.24, 2.45) is 11.7 Å². The van der Waals surface area contributed by atoms with Crippen LogP contribution in [0.25, 0.3) is 11.0 Å². The summed E-state index contributed by atoms with van der Waals surface area (Å²) in [5.41, 5.74) is 8.93. The number of fused-ring (bicyclic) bond motifs is 1. The normalized spacial score (nSPS) is 20.5. The van der Waals surface area contributed by atoms with Crippen LogP contribution in [0.3, 0.4) is 0 Å². The number of carbonyl (C=O) groups excluding carboxylic acids is 1. The van der Waals surface area contributed by atoms with Crippen molar-refractivity contribution in [2.75, 3.05) is 36.5 Å². The molecule has 33 heavy (non-hydrogen) atoms. The standard InChI is InChI=1S/C23H23ClFN5O3/c1-23(26,19-12-30(22(31)33-19)14-3-4-16(25)15(24)9-14)13-10-29(11-13)18-7-8-27-17-5-6-20(32-2)28-21(17)18/h3-9,13,19H,10-12,26H2,1-2H3/t19-,23?/m1/s1. The molecule has 2 saturated heterocycles. The van der Waals surface area contributed by atoms with Gasteiger partial charge in [0.2, 0.25) is 5.88 Å². The molecule has 0 aliphatic carbocycles. The molecular weight excluding hydrogens is 449 g/mol. The first-order valence-electron chi connectivity index (χ1n) is 10.5. The molecule has 2 fully saturated rings. The number of cyclic esters (lactones) is 1. The molecule has 8 nitrogen and oxygen atoms in total. The van der Waals surface area contributed by atoms with Gasteiger partial charge in [0.1, 0.15) is 17.4 Å². The van der Waals surface area contributed by atoms with Crippen LogP contribution in [0.4, 0.5) is 20.6 Å². The van der Waals surface area contributed by atoms with Crippen LogP contribution in [-0.4, -0.2) is 54.4 Å². The maximum atomic E-state index is 13.5. The van der Waals surface area contributed by atoms with Crippen molar-refractivity contribution >= 4 is 40.1 Å². The van der Waals surface area contributed by atoms with Crippen molar-refractivity contribution in [2.45, 2.75) is 18.6 Å². The maximum absolute atomic E-state index is 13.5. The van der Waals surface area contributed by atoms with Crippen LogP contribution < -0.4 is 20.3 Å². The van der Waals surface area contributed by atoms with Gasteiger partial charge < -0.3 is 20.1 Å². The smallest absolute Gasteiger partial charge is 0.414 e. The van der Waals surface area contributed by atoms with E-state index in [1.165, 1.54) is 23.1 Å². The summed E-state index contributed by atoms with van der Waals surface area (Å²) >= 11 is 5.88. The highest BCUT2D eigenvalue weighted by molar-refractivity contribution is 6.31. The van der Waals surface area contributed by atoms with Gasteiger partial charge in [-0.15, -0.1) is 0 Å². The molecule has 3 aromatic rings. The largest absolute Gasteiger partial charge is 0.481 e. The van der Waals surface area contributed by atoms with Gasteiger partial charge in [0.25, 0.3) is 0 Å². The summed E-state index contributed by atoms with van der Waals surface area (Å²) in [4.78, 5) is 25.1. The van der Waals surface area contributed by atoms with Gasteiger partial charge in [0.05, 0.1) is 35.4 Å². The first-order chi connectivity index (χ1) is 15.8. The molecule has 1 unspecified atom stereocenters. The fourth-order valence-electron chi connectivity index (χ4n) is 4.34. The van der Waals surface area contributed by atoms with E-state index in [1.807, 2.05) is 19.1 Å². The van der Waals surface area contributed by atoms with Crippen molar-refractivity contribution in [1.29, 1.82) is 0 Å². The van der Waals surface area contributed by atoms with Gasteiger partial charge in [-0.25, -0.2) is 14.2 Å². The van der Waals surface area contributed by atoms with Gasteiger partial charge in [0, 0.05) is 37.0 Å². The lowest BCUT2D eigenvalue weighted by Gasteiger charge is -2.49. The number of hydrogen-bond acceptors (Lipinski definition) is 7. The Balaban J connectivity index is 1.31. The Morgan fingerprint density at radius 2 is 2.03 bits per heavy atom. The van der Waals surface area contributed by atoms with Crippen molar-refractivity contribution < 1.29 is 18.7 Å². The number of ether oxygens (including phenoxy) is 2. The fraction of sp³-hybridized carbons (Fsp3) is 0.348. The first kappa shape index (κ1) is 21.7. The van der Waals surface area contributed by atoms with E-state index in [-0.39, 0.29) is 17.5 Å². The predicted molar refractivity (Wildman–Crippen MR) is 123 cm³/mol. The van der Waals surface area contributed by atoms with Crippen molar-refractivity contribution in [3.8, 4) is 5.88 Å². The van der Waals surface area contributed by atoms with Gasteiger partial charge >= 0.3 is 6.09 Å². The average Bonchev–Trinajstić information content (AvgIpc) is 3.17. The van der Waals surface area contributed by atoms with E-state index in [4.69, 9.17) is 26.8 Å². The Hall–Kier alpha value is -3.17. The third-order valence-electron chi connectivity index (χ3n) is 6.57. The summed E-state index contributed by atoms with van der Waals surface area (Å²) in [6.45, 7) is 3.53. The van der Waals surface area contributed by atoms with Crippen molar-refractivity contribution in [3.05, 3.63) is 53.4 Å². The molecule has 0 saturated carbocycles. The highest BCUT2D eigenvalue weighted by Gasteiger charge is 2.50. The van der Waals surface area contributed by atoms with Gasteiger partial charge in [-0.05, 0) is 37.3 Å². The lowest BCUT2D eigenvalue weighted by atomic mass is 9.76. The zero-order valence-electron chi connectivity index (χ0n) is 18.2. The minimum atomic E-state index is -0.765. The summed E-state index contributed by atoms with van der Waals surface area (Å²) in [7, 11) is 1.58. The summed E-state index contributed by atoms with van der Waals surface area (Å²) in [6, 6.07) is 9.72. The number of aromatic nitrogens is 2. The van der Waals surface area contributed by atoms with Crippen LogP contribution in [0.5, 0.6) is 5.88 Å². The molecular formula is C23H23ClFN5O3. The van der Waals surface area contributed by atoms with Crippen LogP contribution >= 0.6 is 11.6 Å². The Bertz CT molecular complexity index is 1230. The van der Waals surface area contributed by atoms with Crippen LogP contribution in [-0.2, 0) is 4.74 Å². The Labute approximate surface area is 195 Å². The number of hydrogen-bond donors (Lipinski definition) is 1. The van der Waals surface area contributed by atoms with E-state index in [0.717, 1.165) is 16.7 Å². The molecule has 1 amide bonds. The third kappa shape index (κ3) is 3.71.